The van der Waals surface area contributed by atoms with Crippen molar-refractivity contribution in [3.8, 4) is 0 Å². The van der Waals surface area contributed by atoms with Crippen LogP contribution in [-0.2, 0) is 4.79 Å². The van der Waals surface area contributed by atoms with Crippen LogP contribution in [0.3, 0.4) is 0 Å². The molecule has 0 aromatic rings. The van der Waals surface area contributed by atoms with Gasteiger partial charge in [-0.05, 0) is 45.7 Å². The molecule has 6 nitrogen and oxygen atoms in total. The van der Waals surface area contributed by atoms with Gasteiger partial charge in [-0.25, -0.2) is 0 Å². The first-order valence-electron chi connectivity index (χ1n) is 9.55. The van der Waals surface area contributed by atoms with E-state index < -0.39 is 0 Å². The molecule has 1 fully saturated rings. The highest BCUT2D eigenvalue weighted by Gasteiger charge is 2.23. The van der Waals surface area contributed by atoms with E-state index in [1.54, 1.807) is 0 Å². The maximum atomic E-state index is 11.3. The van der Waals surface area contributed by atoms with Crippen molar-refractivity contribution in [2.24, 2.45) is 16.6 Å². The number of nitrogens with one attached hydrogen (secondary N) is 2. The summed E-state index contributed by atoms with van der Waals surface area (Å²) in [5, 5.41) is 6.83. The first-order valence-corrected chi connectivity index (χ1v) is 9.55. The molecule has 1 aliphatic rings. The molecule has 1 heterocycles. The smallest absolute Gasteiger partial charge is 0.221 e. The number of aliphatic imine (C=N–C) groups is 1. The molecule has 0 saturated carbocycles. The summed E-state index contributed by atoms with van der Waals surface area (Å²) < 4.78 is 0. The number of carbonyl (C=O) groups is 1. The van der Waals surface area contributed by atoms with Gasteiger partial charge in [-0.2, -0.15) is 0 Å². The number of nitrogens with zero attached hydrogens (tertiary/aromatic N) is 2. The van der Waals surface area contributed by atoms with Crippen molar-refractivity contribution < 1.29 is 4.79 Å². The Hall–Kier alpha value is -1.30. The fourth-order valence-electron chi connectivity index (χ4n) is 3.20. The van der Waals surface area contributed by atoms with E-state index in [4.69, 9.17) is 5.73 Å². The molecule has 1 aliphatic heterocycles. The van der Waals surface area contributed by atoms with Gasteiger partial charge < -0.3 is 21.3 Å². The fraction of sp³-hybridized carbons (Fsp3) is 0.889. The lowest BCUT2D eigenvalue weighted by Gasteiger charge is -2.31. The number of amides is 1. The molecular weight excluding hydrogens is 302 g/mol. The number of primary amides is 1. The van der Waals surface area contributed by atoms with Crippen molar-refractivity contribution in [3.63, 3.8) is 0 Å². The predicted molar refractivity (Wildman–Crippen MR) is 101 cm³/mol. The third-order valence-corrected chi connectivity index (χ3v) is 4.70. The van der Waals surface area contributed by atoms with E-state index in [1.165, 1.54) is 25.7 Å². The van der Waals surface area contributed by atoms with Crippen LogP contribution in [0, 0.1) is 5.92 Å². The quantitative estimate of drug-likeness (QED) is 0.321. The number of rotatable bonds is 10. The maximum Gasteiger partial charge on any atom is 0.221 e. The van der Waals surface area contributed by atoms with Crippen molar-refractivity contribution in [1.82, 2.24) is 15.5 Å². The van der Waals surface area contributed by atoms with Crippen LogP contribution < -0.4 is 16.4 Å². The molecule has 0 bridgehead atoms. The summed E-state index contributed by atoms with van der Waals surface area (Å²) in [7, 11) is 1.82. The average Bonchev–Trinajstić information content (AvgIpc) is 2.58. The van der Waals surface area contributed by atoms with Crippen LogP contribution in [0.25, 0.3) is 0 Å². The number of hydrogen-bond acceptors (Lipinski definition) is 3. The van der Waals surface area contributed by atoms with Gasteiger partial charge in [0.05, 0.1) is 5.92 Å². The van der Waals surface area contributed by atoms with Crippen LogP contribution in [0.5, 0.6) is 0 Å². The van der Waals surface area contributed by atoms with Gasteiger partial charge in [0.15, 0.2) is 5.96 Å². The molecule has 6 heteroatoms. The summed E-state index contributed by atoms with van der Waals surface area (Å²) in [6, 6.07) is 0.446. The third kappa shape index (κ3) is 8.52. The summed E-state index contributed by atoms with van der Waals surface area (Å²) in [6.45, 7) is 8.22. The van der Waals surface area contributed by atoms with E-state index in [1.807, 2.05) is 7.05 Å². The summed E-state index contributed by atoms with van der Waals surface area (Å²) >= 11 is 0. The van der Waals surface area contributed by atoms with Gasteiger partial charge in [-0.1, -0.05) is 26.2 Å². The van der Waals surface area contributed by atoms with Gasteiger partial charge in [0.2, 0.25) is 5.91 Å². The van der Waals surface area contributed by atoms with Crippen LogP contribution in [0.15, 0.2) is 4.99 Å². The lowest BCUT2D eigenvalue weighted by atomic mass is 9.97. The molecule has 0 radical (unpaired) electrons. The van der Waals surface area contributed by atoms with Crippen LogP contribution in [0.2, 0.25) is 0 Å². The van der Waals surface area contributed by atoms with Crippen LogP contribution in [0.1, 0.15) is 58.8 Å². The number of hydrogen-bond donors (Lipinski definition) is 3. The zero-order valence-electron chi connectivity index (χ0n) is 15.8. The largest absolute Gasteiger partial charge is 0.369 e. The van der Waals surface area contributed by atoms with Crippen molar-refractivity contribution in [1.29, 1.82) is 0 Å². The first kappa shape index (κ1) is 20.7. The zero-order valence-corrected chi connectivity index (χ0v) is 15.8. The molecule has 2 atom stereocenters. The van der Waals surface area contributed by atoms with Gasteiger partial charge >= 0.3 is 0 Å². The number of piperidine rings is 1. The molecule has 140 valence electrons. The van der Waals surface area contributed by atoms with Crippen molar-refractivity contribution in [3.05, 3.63) is 0 Å². The Morgan fingerprint density at radius 2 is 2.17 bits per heavy atom. The molecule has 0 aromatic carbocycles. The zero-order chi connectivity index (χ0) is 17.8. The first-order chi connectivity index (χ1) is 11.6. The van der Waals surface area contributed by atoms with E-state index in [9.17, 15) is 4.79 Å². The molecule has 24 heavy (non-hydrogen) atoms. The molecular formula is C18H37N5O. The Bertz CT molecular complexity index is 386. The lowest BCUT2D eigenvalue weighted by molar-refractivity contribution is -0.123. The van der Waals surface area contributed by atoms with E-state index in [2.05, 4.69) is 34.4 Å². The second kappa shape index (κ2) is 12.1. The van der Waals surface area contributed by atoms with Crippen molar-refractivity contribution in [2.75, 3.05) is 33.2 Å². The van der Waals surface area contributed by atoms with Gasteiger partial charge in [-0.3, -0.25) is 9.79 Å². The van der Waals surface area contributed by atoms with Crippen molar-refractivity contribution in [2.45, 2.75) is 64.8 Å². The Morgan fingerprint density at radius 1 is 1.38 bits per heavy atom. The highest BCUT2D eigenvalue weighted by Crippen LogP contribution is 2.15. The normalized spacial score (nSPS) is 20.6. The number of nitrogens with two attached hydrogens (primary N) is 1. The number of carbonyl (C=O) groups excluding carboxylic acids is 1. The number of unbranched alkanes of at least 4 members (excludes halogenated alkanes) is 2. The van der Waals surface area contributed by atoms with Crippen molar-refractivity contribution >= 4 is 11.9 Å². The molecule has 1 rings (SSSR count). The number of guanidine groups is 1. The topological polar surface area (TPSA) is 82.8 Å². The van der Waals surface area contributed by atoms with E-state index >= 15 is 0 Å². The summed E-state index contributed by atoms with van der Waals surface area (Å²) in [4.78, 5) is 18.0. The fourth-order valence-corrected chi connectivity index (χ4v) is 3.20. The van der Waals surface area contributed by atoms with Gasteiger partial charge in [0.25, 0.3) is 0 Å². The SMILES string of the molecule is CCCCCC(C)NC(=NC)NCCCN1CCCC(C(N)=O)C1. The maximum absolute atomic E-state index is 11.3. The minimum atomic E-state index is -0.153. The second-order valence-electron chi connectivity index (χ2n) is 6.94. The molecule has 1 amide bonds. The van der Waals surface area contributed by atoms with E-state index in [-0.39, 0.29) is 11.8 Å². The molecule has 1 saturated heterocycles. The monoisotopic (exact) mass is 339 g/mol. The lowest BCUT2D eigenvalue weighted by Crippen LogP contribution is -2.44. The van der Waals surface area contributed by atoms with Crippen LogP contribution >= 0.6 is 0 Å². The summed E-state index contributed by atoms with van der Waals surface area (Å²) in [5.41, 5.74) is 5.43. The second-order valence-corrected chi connectivity index (χ2v) is 6.94. The Kier molecular flexibility index (Phi) is 10.5. The molecule has 0 aromatic heterocycles. The minimum absolute atomic E-state index is 0.0325. The Morgan fingerprint density at radius 3 is 2.83 bits per heavy atom. The average molecular weight is 340 g/mol. The molecule has 0 spiro atoms. The van der Waals surface area contributed by atoms with Gasteiger partial charge in [-0.15, -0.1) is 0 Å². The highest BCUT2D eigenvalue weighted by atomic mass is 16.1. The van der Waals surface area contributed by atoms with Crippen LogP contribution in [0.4, 0.5) is 0 Å². The third-order valence-electron chi connectivity index (χ3n) is 4.70. The number of likely N-dealkylation sites (tertiary alicyclic amines) is 1. The van der Waals surface area contributed by atoms with Gasteiger partial charge in [0, 0.05) is 26.2 Å². The predicted octanol–water partition coefficient (Wildman–Crippen LogP) is 1.71. The Balaban J connectivity index is 2.17. The summed E-state index contributed by atoms with van der Waals surface area (Å²) in [6.07, 6.45) is 8.04. The van der Waals surface area contributed by atoms with E-state index in [0.717, 1.165) is 51.4 Å². The molecule has 2 unspecified atom stereocenters. The Labute approximate surface area is 147 Å². The van der Waals surface area contributed by atoms with E-state index in [0.29, 0.717) is 6.04 Å². The highest BCUT2D eigenvalue weighted by molar-refractivity contribution is 5.79. The minimum Gasteiger partial charge on any atom is -0.369 e. The molecule has 4 N–H and O–H groups in total. The molecule has 0 aliphatic carbocycles. The van der Waals surface area contributed by atoms with Crippen LogP contribution in [-0.4, -0.2) is 56.0 Å². The van der Waals surface area contributed by atoms with Gasteiger partial charge in [0.1, 0.15) is 0 Å². The summed E-state index contributed by atoms with van der Waals surface area (Å²) in [5.74, 6) is 0.761. The standard InChI is InChI=1S/C18H37N5O/c1-4-5-6-9-15(2)22-18(20-3)21-11-8-13-23-12-7-10-16(14-23)17(19)24/h15-16H,4-14H2,1-3H3,(H2,19,24)(H2,20,21,22).